The fraction of sp³-hybridized carbons (Fsp3) is 0.600. The molecule has 5 nitrogen and oxygen atoms in total. The number of nitrogens with two attached hydrogens (primary N) is 1. The molecule has 1 fully saturated rings. The molecular formula is C10H15ClN4O. The van der Waals surface area contributed by atoms with Crippen LogP contribution < -0.4 is 11.1 Å². The zero-order chi connectivity index (χ0) is 11.5. The lowest BCUT2D eigenvalue weighted by atomic mass is 10.0. The van der Waals surface area contributed by atoms with Crippen molar-refractivity contribution in [3.63, 3.8) is 0 Å². The molecule has 0 saturated carbocycles. The fourth-order valence-corrected chi connectivity index (χ4v) is 1.95. The van der Waals surface area contributed by atoms with Gasteiger partial charge in [-0.05, 0) is 19.8 Å². The van der Waals surface area contributed by atoms with Crippen LogP contribution in [0.1, 0.15) is 19.8 Å². The largest absolute Gasteiger partial charge is 0.378 e. The third-order valence-corrected chi connectivity index (χ3v) is 2.87. The van der Waals surface area contributed by atoms with E-state index in [-0.39, 0.29) is 12.1 Å². The van der Waals surface area contributed by atoms with Crippen LogP contribution in [0.2, 0.25) is 5.02 Å². The third kappa shape index (κ3) is 2.74. The predicted octanol–water partition coefficient (Wildman–Crippen LogP) is 1.69. The number of anilines is 2. The van der Waals surface area contributed by atoms with Gasteiger partial charge in [0.2, 0.25) is 5.95 Å². The highest BCUT2D eigenvalue weighted by molar-refractivity contribution is 6.32. The van der Waals surface area contributed by atoms with Gasteiger partial charge in [-0.1, -0.05) is 11.6 Å². The van der Waals surface area contributed by atoms with E-state index in [0.717, 1.165) is 19.4 Å². The lowest BCUT2D eigenvalue weighted by Crippen LogP contribution is -2.32. The summed E-state index contributed by atoms with van der Waals surface area (Å²) in [4.78, 5) is 7.89. The van der Waals surface area contributed by atoms with E-state index >= 15 is 0 Å². The molecule has 1 aromatic rings. The molecule has 0 bridgehead atoms. The minimum Gasteiger partial charge on any atom is -0.378 e. The molecule has 2 unspecified atom stereocenters. The van der Waals surface area contributed by atoms with E-state index in [1.165, 1.54) is 6.20 Å². The Balaban J connectivity index is 2.05. The zero-order valence-electron chi connectivity index (χ0n) is 9.11. The van der Waals surface area contributed by atoms with Gasteiger partial charge in [0.1, 0.15) is 5.02 Å². The van der Waals surface area contributed by atoms with Crippen molar-refractivity contribution < 1.29 is 4.74 Å². The average Bonchev–Trinajstić information content (AvgIpc) is 2.24. The molecule has 0 spiro atoms. The van der Waals surface area contributed by atoms with Crippen LogP contribution >= 0.6 is 11.6 Å². The van der Waals surface area contributed by atoms with E-state index in [4.69, 9.17) is 22.1 Å². The number of nitrogens with one attached hydrogen (secondary N) is 1. The number of hydrogen-bond donors (Lipinski definition) is 2. The number of rotatable bonds is 2. The molecule has 1 aliphatic heterocycles. The van der Waals surface area contributed by atoms with Gasteiger partial charge in [0, 0.05) is 12.6 Å². The van der Waals surface area contributed by atoms with Crippen LogP contribution in [-0.2, 0) is 4.74 Å². The monoisotopic (exact) mass is 242 g/mol. The van der Waals surface area contributed by atoms with Crippen LogP contribution in [0, 0.1) is 0 Å². The molecule has 3 N–H and O–H groups in total. The van der Waals surface area contributed by atoms with E-state index in [2.05, 4.69) is 22.2 Å². The van der Waals surface area contributed by atoms with E-state index in [0.29, 0.717) is 16.9 Å². The van der Waals surface area contributed by atoms with Crippen molar-refractivity contribution in [3.05, 3.63) is 11.2 Å². The van der Waals surface area contributed by atoms with Crippen LogP contribution in [0.5, 0.6) is 0 Å². The molecule has 0 aromatic carbocycles. The molecular weight excluding hydrogens is 228 g/mol. The van der Waals surface area contributed by atoms with Gasteiger partial charge in [-0.15, -0.1) is 0 Å². The molecule has 1 aliphatic rings. The molecule has 0 aliphatic carbocycles. The van der Waals surface area contributed by atoms with Crippen LogP contribution in [0.4, 0.5) is 11.8 Å². The predicted molar refractivity (Wildman–Crippen MR) is 63.5 cm³/mol. The lowest BCUT2D eigenvalue weighted by Gasteiger charge is -2.28. The number of halogens is 1. The number of nitrogens with zero attached hydrogens (tertiary/aromatic N) is 2. The zero-order valence-corrected chi connectivity index (χ0v) is 9.87. The summed E-state index contributed by atoms with van der Waals surface area (Å²) in [5.41, 5.74) is 5.51. The Morgan fingerprint density at radius 3 is 3.19 bits per heavy atom. The molecule has 0 radical (unpaired) electrons. The number of nitrogen functional groups attached to an aromatic ring is 1. The summed E-state index contributed by atoms with van der Waals surface area (Å²) in [6.07, 6.45) is 3.67. The van der Waals surface area contributed by atoms with E-state index in [1.54, 1.807) is 0 Å². The summed E-state index contributed by atoms with van der Waals surface area (Å²) in [6, 6.07) is 0.329. The van der Waals surface area contributed by atoms with E-state index in [9.17, 15) is 0 Å². The summed E-state index contributed by atoms with van der Waals surface area (Å²) in [7, 11) is 0. The first-order valence-electron chi connectivity index (χ1n) is 5.31. The molecule has 1 aromatic heterocycles. The molecule has 6 heteroatoms. The van der Waals surface area contributed by atoms with Crippen LogP contribution in [0.25, 0.3) is 0 Å². The van der Waals surface area contributed by atoms with Gasteiger partial charge in [0.15, 0.2) is 5.82 Å². The first-order valence-corrected chi connectivity index (χ1v) is 5.69. The van der Waals surface area contributed by atoms with Gasteiger partial charge in [-0.2, -0.15) is 4.98 Å². The number of ether oxygens (including phenoxy) is 1. The molecule has 0 amide bonds. The average molecular weight is 243 g/mol. The molecule has 2 heterocycles. The van der Waals surface area contributed by atoms with Crippen LogP contribution in [0.15, 0.2) is 6.20 Å². The maximum atomic E-state index is 5.98. The van der Waals surface area contributed by atoms with Gasteiger partial charge < -0.3 is 15.8 Å². The fourth-order valence-electron chi connectivity index (χ4n) is 1.80. The van der Waals surface area contributed by atoms with Crippen molar-refractivity contribution in [2.45, 2.75) is 31.9 Å². The smallest absolute Gasteiger partial charge is 0.222 e. The quantitative estimate of drug-likeness (QED) is 0.826. The first kappa shape index (κ1) is 11.4. The first-order chi connectivity index (χ1) is 7.65. The second-order valence-electron chi connectivity index (χ2n) is 3.97. The maximum absolute atomic E-state index is 5.98. The summed E-state index contributed by atoms with van der Waals surface area (Å²) in [6.45, 7) is 2.82. The summed E-state index contributed by atoms with van der Waals surface area (Å²) in [5, 5.41) is 3.77. The number of aromatic nitrogens is 2. The minimum absolute atomic E-state index is 0.229. The SMILES string of the molecule is CC1CC(Nc2nc(N)ncc2Cl)CCO1. The second kappa shape index (κ2) is 4.84. The van der Waals surface area contributed by atoms with Crippen molar-refractivity contribution >= 4 is 23.4 Å². The Morgan fingerprint density at radius 2 is 2.44 bits per heavy atom. The molecule has 1 saturated heterocycles. The van der Waals surface area contributed by atoms with E-state index in [1.807, 2.05) is 0 Å². The van der Waals surface area contributed by atoms with Crippen LogP contribution in [0.3, 0.4) is 0 Å². The molecule has 2 atom stereocenters. The molecule has 2 rings (SSSR count). The van der Waals surface area contributed by atoms with Crippen molar-refractivity contribution in [1.29, 1.82) is 0 Å². The Kier molecular flexibility index (Phi) is 3.46. The maximum Gasteiger partial charge on any atom is 0.222 e. The summed E-state index contributed by atoms with van der Waals surface area (Å²) < 4.78 is 5.47. The lowest BCUT2D eigenvalue weighted by molar-refractivity contribution is 0.0232. The topological polar surface area (TPSA) is 73.1 Å². The minimum atomic E-state index is 0.229. The van der Waals surface area contributed by atoms with Crippen molar-refractivity contribution in [2.75, 3.05) is 17.7 Å². The van der Waals surface area contributed by atoms with Gasteiger partial charge >= 0.3 is 0 Å². The van der Waals surface area contributed by atoms with Crippen molar-refractivity contribution in [2.24, 2.45) is 0 Å². The highest BCUT2D eigenvalue weighted by atomic mass is 35.5. The van der Waals surface area contributed by atoms with Gasteiger partial charge in [-0.3, -0.25) is 0 Å². The third-order valence-electron chi connectivity index (χ3n) is 2.59. The van der Waals surface area contributed by atoms with Crippen molar-refractivity contribution in [1.82, 2.24) is 9.97 Å². The Morgan fingerprint density at radius 1 is 1.62 bits per heavy atom. The highest BCUT2D eigenvalue weighted by Crippen LogP contribution is 2.23. The van der Waals surface area contributed by atoms with Crippen molar-refractivity contribution in [3.8, 4) is 0 Å². The molecule has 16 heavy (non-hydrogen) atoms. The Bertz CT molecular complexity index is 374. The standard InChI is InChI=1S/C10H15ClN4O/c1-6-4-7(2-3-16-6)14-9-8(11)5-13-10(12)15-9/h5-7H,2-4H2,1H3,(H3,12,13,14,15). The second-order valence-corrected chi connectivity index (χ2v) is 4.38. The van der Waals surface area contributed by atoms with Gasteiger partial charge in [-0.25, -0.2) is 4.98 Å². The number of hydrogen-bond acceptors (Lipinski definition) is 5. The Labute approximate surface area is 99.4 Å². The van der Waals surface area contributed by atoms with Crippen LogP contribution in [-0.4, -0.2) is 28.7 Å². The molecule has 88 valence electrons. The van der Waals surface area contributed by atoms with Gasteiger partial charge in [0.05, 0.1) is 12.3 Å². The highest BCUT2D eigenvalue weighted by Gasteiger charge is 2.20. The van der Waals surface area contributed by atoms with Gasteiger partial charge in [0.25, 0.3) is 0 Å². The van der Waals surface area contributed by atoms with E-state index < -0.39 is 0 Å². The summed E-state index contributed by atoms with van der Waals surface area (Å²) in [5.74, 6) is 0.834. The normalized spacial score (nSPS) is 25.4. The Hall–Kier alpha value is -1.07. The summed E-state index contributed by atoms with van der Waals surface area (Å²) >= 11 is 5.98.